The molecule has 1 heterocycles. The number of anilines is 1. The van der Waals surface area contributed by atoms with Gasteiger partial charge in [0.2, 0.25) is 0 Å². The van der Waals surface area contributed by atoms with E-state index >= 15 is 0 Å². The average molecular weight is 443 g/mol. The Morgan fingerprint density at radius 2 is 1.90 bits per heavy atom. The smallest absolute Gasteiger partial charge is 0.321 e. The zero-order valence-electron chi connectivity index (χ0n) is 10.5. The third-order valence-electron chi connectivity index (χ3n) is 2.62. The summed E-state index contributed by atoms with van der Waals surface area (Å²) in [7, 11) is 0. The summed E-state index contributed by atoms with van der Waals surface area (Å²) in [6, 6.07) is 5.22. The maximum absolute atomic E-state index is 13.0. The lowest BCUT2D eigenvalue weighted by Crippen LogP contribution is -2.15. The summed E-state index contributed by atoms with van der Waals surface area (Å²) in [6.07, 6.45) is -4.54. The van der Waals surface area contributed by atoms with Gasteiger partial charge in [-0.3, -0.25) is 4.79 Å². The number of carbonyl (C=O) groups excluding carboxylic acids is 1. The number of hydrogen-bond acceptors (Lipinski definition) is 2. The van der Waals surface area contributed by atoms with Crippen molar-refractivity contribution < 1.29 is 18.0 Å². The number of halogens is 5. The summed E-state index contributed by atoms with van der Waals surface area (Å²) in [4.78, 5) is 12.4. The fourth-order valence-corrected chi connectivity index (χ4v) is 3.41. The van der Waals surface area contributed by atoms with Crippen molar-refractivity contribution in [3.8, 4) is 0 Å². The fraction of sp³-hybridized carbons (Fsp3) is 0.154. The number of benzene rings is 1. The Labute approximate surface area is 139 Å². The Hall–Kier alpha value is -0.860. The van der Waals surface area contributed by atoms with Crippen molar-refractivity contribution in [2.24, 2.45) is 0 Å². The van der Waals surface area contributed by atoms with Gasteiger partial charge < -0.3 is 5.32 Å². The van der Waals surface area contributed by atoms with E-state index in [1.165, 1.54) is 23.5 Å². The molecule has 8 heteroatoms. The van der Waals surface area contributed by atoms with Crippen LogP contribution < -0.4 is 5.32 Å². The van der Waals surface area contributed by atoms with Gasteiger partial charge in [0.05, 0.1) is 19.9 Å². The van der Waals surface area contributed by atoms with E-state index in [1.807, 2.05) is 0 Å². The number of rotatable bonds is 2. The molecule has 0 saturated heterocycles. The van der Waals surface area contributed by atoms with E-state index in [2.05, 4.69) is 37.2 Å². The highest BCUT2D eigenvalue weighted by Crippen LogP contribution is 2.37. The minimum absolute atomic E-state index is 0.266. The number of amides is 1. The van der Waals surface area contributed by atoms with E-state index in [0.717, 1.165) is 15.4 Å². The Morgan fingerprint density at radius 3 is 2.43 bits per heavy atom. The van der Waals surface area contributed by atoms with Gasteiger partial charge in [-0.1, -0.05) is 15.9 Å². The molecule has 0 fully saturated rings. The predicted octanol–water partition coefficient (Wildman–Crippen LogP) is 5.85. The number of nitrogens with one attached hydrogen (secondary N) is 1. The molecule has 1 aromatic carbocycles. The van der Waals surface area contributed by atoms with Gasteiger partial charge in [-0.25, -0.2) is 0 Å². The van der Waals surface area contributed by atoms with Gasteiger partial charge >= 0.3 is 6.18 Å². The van der Waals surface area contributed by atoms with Crippen LogP contribution in [0.4, 0.5) is 18.9 Å². The molecule has 112 valence electrons. The molecule has 1 N–H and O–H groups in total. The highest BCUT2D eigenvalue weighted by Gasteiger charge is 2.34. The van der Waals surface area contributed by atoms with E-state index in [-0.39, 0.29) is 5.69 Å². The summed E-state index contributed by atoms with van der Waals surface area (Å²) in [5.41, 5.74) is -0.299. The molecule has 0 aliphatic carbocycles. The number of aryl methyl sites for hydroxylation is 1. The molecule has 21 heavy (non-hydrogen) atoms. The van der Waals surface area contributed by atoms with Gasteiger partial charge in [0.1, 0.15) is 0 Å². The van der Waals surface area contributed by atoms with E-state index in [1.54, 1.807) is 13.0 Å². The highest BCUT2D eigenvalue weighted by molar-refractivity contribution is 9.11. The quantitative estimate of drug-likeness (QED) is 0.620. The number of alkyl halides is 3. The number of hydrogen-bond donors (Lipinski definition) is 1. The summed E-state index contributed by atoms with van der Waals surface area (Å²) in [5.74, 6) is -0.568. The van der Waals surface area contributed by atoms with Crippen LogP contribution in [-0.4, -0.2) is 5.91 Å². The van der Waals surface area contributed by atoms with Crippen LogP contribution in [0.1, 0.15) is 20.8 Å². The Morgan fingerprint density at radius 1 is 1.24 bits per heavy atom. The molecule has 1 amide bonds. The standard InChI is InChI=1S/C13H8Br2F3NOS/c1-6-4-10(21-11(6)15)12(20)19-9-3-2-7(14)5-8(9)13(16,17)18/h2-5H,1H3,(H,19,20). The first-order valence-corrected chi connectivity index (χ1v) is 8.03. The lowest BCUT2D eigenvalue weighted by atomic mass is 10.1. The van der Waals surface area contributed by atoms with Crippen molar-refractivity contribution in [1.29, 1.82) is 0 Å². The van der Waals surface area contributed by atoms with Crippen LogP contribution in [0.5, 0.6) is 0 Å². The van der Waals surface area contributed by atoms with Crippen LogP contribution >= 0.6 is 43.2 Å². The third kappa shape index (κ3) is 3.87. The average Bonchev–Trinajstić information content (AvgIpc) is 2.71. The van der Waals surface area contributed by atoms with Crippen molar-refractivity contribution in [3.63, 3.8) is 0 Å². The van der Waals surface area contributed by atoms with Gasteiger partial charge in [-0.05, 0) is 52.7 Å². The topological polar surface area (TPSA) is 29.1 Å². The summed E-state index contributed by atoms with van der Waals surface area (Å²) < 4.78 is 40.0. The maximum atomic E-state index is 13.0. The molecule has 0 spiro atoms. The molecule has 0 bridgehead atoms. The first-order valence-electron chi connectivity index (χ1n) is 5.62. The molecule has 0 aliphatic rings. The molecule has 2 aromatic rings. The predicted molar refractivity (Wildman–Crippen MR) is 83.9 cm³/mol. The molecule has 2 rings (SSSR count). The fourth-order valence-electron chi connectivity index (χ4n) is 1.62. The van der Waals surface area contributed by atoms with Crippen LogP contribution in [0.2, 0.25) is 0 Å². The van der Waals surface area contributed by atoms with Gasteiger partial charge in [0.15, 0.2) is 0 Å². The SMILES string of the molecule is Cc1cc(C(=O)Nc2ccc(Br)cc2C(F)(F)F)sc1Br. The lowest BCUT2D eigenvalue weighted by molar-refractivity contribution is -0.136. The van der Waals surface area contributed by atoms with Crippen molar-refractivity contribution in [2.75, 3.05) is 5.32 Å². The zero-order valence-corrected chi connectivity index (χ0v) is 14.5. The second kappa shape index (κ2) is 6.10. The molecule has 0 atom stereocenters. The monoisotopic (exact) mass is 441 g/mol. The summed E-state index contributed by atoms with van der Waals surface area (Å²) in [6.45, 7) is 1.80. The van der Waals surface area contributed by atoms with Crippen molar-refractivity contribution in [2.45, 2.75) is 13.1 Å². The molecule has 2 nitrogen and oxygen atoms in total. The van der Waals surface area contributed by atoms with Crippen LogP contribution in [0.25, 0.3) is 0 Å². The first kappa shape index (κ1) is 16.5. The second-order valence-electron chi connectivity index (χ2n) is 4.21. The number of thiophene rings is 1. The van der Waals surface area contributed by atoms with E-state index in [9.17, 15) is 18.0 Å². The first-order chi connectivity index (χ1) is 9.68. The van der Waals surface area contributed by atoms with Crippen LogP contribution in [0.15, 0.2) is 32.5 Å². The van der Waals surface area contributed by atoms with Crippen molar-refractivity contribution in [3.05, 3.63) is 48.5 Å². The summed E-state index contributed by atoms with van der Waals surface area (Å²) >= 11 is 7.45. The van der Waals surface area contributed by atoms with E-state index in [0.29, 0.717) is 9.35 Å². The number of carbonyl (C=O) groups is 1. The van der Waals surface area contributed by atoms with Crippen molar-refractivity contribution >= 4 is 54.8 Å². The maximum Gasteiger partial charge on any atom is 0.418 e. The Balaban J connectivity index is 2.33. The molecule has 0 aliphatic heterocycles. The normalized spacial score (nSPS) is 11.5. The van der Waals surface area contributed by atoms with Gasteiger partial charge in [0, 0.05) is 4.47 Å². The van der Waals surface area contributed by atoms with Gasteiger partial charge in [-0.15, -0.1) is 11.3 Å². The molecule has 0 radical (unpaired) electrons. The lowest BCUT2D eigenvalue weighted by Gasteiger charge is -2.13. The molecule has 0 saturated carbocycles. The van der Waals surface area contributed by atoms with E-state index in [4.69, 9.17) is 0 Å². The molecule has 0 unspecified atom stereocenters. The van der Waals surface area contributed by atoms with Crippen LogP contribution in [0, 0.1) is 6.92 Å². The second-order valence-corrected chi connectivity index (χ2v) is 7.49. The highest BCUT2D eigenvalue weighted by atomic mass is 79.9. The minimum Gasteiger partial charge on any atom is -0.321 e. The largest absolute Gasteiger partial charge is 0.418 e. The molecular weight excluding hydrogens is 435 g/mol. The van der Waals surface area contributed by atoms with E-state index < -0.39 is 17.6 Å². The summed E-state index contributed by atoms with van der Waals surface area (Å²) in [5, 5.41) is 2.31. The van der Waals surface area contributed by atoms with Crippen molar-refractivity contribution in [1.82, 2.24) is 0 Å². The Bertz CT molecular complexity index is 678. The Kier molecular flexibility index (Phi) is 4.79. The van der Waals surface area contributed by atoms with Gasteiger partial charge in [-0.2, -0.15) is 13.2 Å². The molecular formula is C13H8Br2F3NOS. The minimum atomic E-state index is -4.54. The van der Waals surface area contributed by atoms with Crippen LogP contribution in [0.3, 0.4) is 0 Å². The molecule has 1 aromatic heterocycles. The van der Waals surface area contributed by atoms with Crippen LogP contribution in [-0.2, 0) is 6.18 Å². The van der Waals surface area contributed by atoms with Gasteiger partial charge in [0.25, 0.3) is 5.91 Å². The third-order valence-corrected chi connectivity index (χ3v) is 5.24. The zero-order chi connectivity index (χ0) is 15.8.